The summed E-state index contributed by atoms with van der Waals surface area (Å²) in [6.07, 6.45) is 0. The van der Waals surface area contributed by atoms with Crippen molar-refractivity contribution in [2.24, 2.45) is 0 Å². The third-order valence-electron chi connectivity index (χ3n) is 3.74. The molecule has 0 fully saturated rings. The van der Waals surface area contributed by atoms with Gasteiger partial charge in [-0.05, 0) is 42.5 Å². The molecule has 0 aliphatic heterocycles. The first-order valence-electron chi connectivity index (χ1n) is 8.40. The van der Waals surface area contributed by atoms with E-state index in [0.717, 1.165) is 0 Å². The van der Waals surface area contributed by atoms with Crippen LogP contribution < -0.4 is 14.8 Å². The molecule has 6 nitrogen and oxygen atoms in total. The molecule has 0 saturated carbocycles. The van der Waals surface area contributed by atoms with Gasteiger partial charge < -0.3 is 10.1 Å². The van der Waals surface area contributed by atoms with Crippen molar-refractivity contribution in [2.75, 3.05) is 16.6 Å². The number of rotatable bonds is 7. The van der Waals surface area contributed by atoms with Crippen molar-refractivity contribution in [1.29, 1.82) is 0 Å². The zero-order valence-electron chi connectivity index (χ0n) is 14.9. The maximum atomic E-state index is 12.6. The van der Waals surface area contributed by atoms with Gasteiger partial charge in [0.1, 0.15) is 5.75 Å². The molecule has 3 aromatic rings. The average Bonchev–Trinajstić information content (AvgIpc) is 2.69. The summed E-state index contributed by atoms with van der Waals surface area (Å²) >= 11 is 12.0. The van der Waals surface area contributed by atoms with E-state index in [2.05, 4.69) is 10.0 Å². The second-order valence-corrected chi connectivity index (χ2v) is 8.38. The van der Waals surface area contributed by atoms with Gasteiger partial charge in [-0.2, -0.15) is 0 Å². The molecule has 0 spiro atoms. The molecule has 0 aromatic heterocycles. The molecule has 0 aliphatic carbocycles. The number of sulfonamides is 1. The first-order valence-corrected chi connectivity index (χ1v) is 10.6. The van der Waals surface area contributed by atoms with Crippen molar-refractivity contribution < 1.29 is 17.9 Å². The fourth-order valence-corrected chi connectivity index (χ4v) is 3.95. The molecule has 0 unspecified atom stereocenters. The highest BCUT2D eigenvalue weighted by atomic mass is 35.5. The average molecular weight is 451 g/mol. The first-order chi connectivity index (χ1) is 13.8. The lowest BCUT2D eigenvalue weighted by Gasteiger charge is -2.12. The fourth-order valence-electron chi connectivity index (χ4n) is 2.39. The van der Waals surface area contributed by atoms with Crippen LogP contribution in [0, 0.1) is 0 Å². The SMILES string of the molecule is O=C(COc1ccccc1Cl)Nc1cccc(S(=O)(=O)Nc2ccccc2Cl)c1. The van der Waals surface area contributed by atoms with E-state index in [9.17, 15) is 13.2 Å². The molecule has 9 heteroatoms. The highest BCUT2D eigenvalue weighted by molar-refractivity contribution is 7.92. The predicted octanol–water partition coefficient (Wildman–Crippen LogP) is 4.81. The zero-order chi connectivity index (χ0) is 20.9. The van der Waals surface area contributed by atoms with Crippen LogP contribution in [0.25, 0.3) is 0 Å². The summed E-state index contributed by atoms with van der Waals surface area (Å²) in [5.41, 5.74) is 0.566. The Kier molecular flexibility index (Phi) is 6.64. The van der Waals surface area contributed by atoms with Crippen molar-refractivity contribution in [1.82, 2.24) is 0 Å². The summed E-state index contributed by atoms with van der Waals surface area (Å²) in [6.45, 7) is -0.279. The molecule has 3 aromatic carbocycles. The number of hydrogen-bond acceptors (Lipinski definition) is 4. The summed E-state index contributed by atoms with van der Waals surface area (Å²) < 4.78 is 33.0. The number of anilines is 2. The number of hydrogen-bond donors (Lipinski definition) is 2. The molecular weight excluding hydrogens is 435 g/mol. The first kappa shape index (κ1) is 21.0. The fraction of sp³-hybridized carbons (Fsp3) is 0.0500. The van der Waals surface area contributed by atoms with Gasteiger partial charge in [0.05, 0.1) is 20.6 Å². The highest BCUT2D eigenvalue weighted by Crippen LogP contribution is 2.25. The van der Waals surface area contributed by atoms with Crippen LogP contribution in [-0.2, 0) is 14.8 Å². The Morgan fingerprint density at radius 3 is 2.31 bits per heavy atom. The Morgan fingerprint density at radius 1 is 0.897 bits per heavy atom. The summed E-state index contributed by atoms with van der Waals surface area (Å²) in [5, 5.41) is 3.26. The monoisotopic (exact) mass is 450 g/mol. The molecule has 0 bridgehead atoms. The number of benzene rings is 3. The van der Waals surface area contributed by atoms with Crippen LogP contribution in [0.2, 0.25) is 10.0 Å². The van der Waals surface area contributed by atoms with Gasteiger partial charge >= 0.3 is 0 Å². The minimum Gasteiger partial charge on any atom is -0.482 e. The predicted molar refractivity (Wildman–Crippen MR) is 114 cm³/mol. The van der Waals surface area contributed by atoms with Crippen molar-refractivity contribution in [2.45, 2.75) is 4.90 Å². The number of halogens is 2. The van der Waals surface area contributed by atoms with Gasteiger partial charge in [0, 0.05) is 5.69 Å². The molecule has 0 atom stereocenters. The van der Waals surface area contributed by atoms with Crippen molar-refractivity contribution in [3.63, 3.8) is 0 Å². The Morgan fingerprint density at radius 2 is 1.59 bits per heavy atom. The van der Waals surface area contributed by atoms with Gasteiger partial charge in [0.2, 0.25) is 0 Å². The molecule has 0 radical (unpaired) electrons. The van der Waals surface area contributed by atoms with Crippen LogP contribution in [0.15, 0.2) is 77.7 Å². The number of carbonyl (C=O) groups is 1. The van der Waals surface area contributed by atoms with E-state index in [1.165, 1.54) is 18.2 Å². The van der Waals surface area contributed by atoms with Crippen LogP contribution in [0.5, 0.6) is 5.75 Å². The molecule has 1 amide bonds. The number of nitrogens with one attached hydrogen (secondary N) is 2. The second kappa shape index (κ2) is 9.17. The highest BCUT2D eigenvalue weighted by Gasteiger charge is 2.16. The van der Waals surface area contributed by atoms with Gasteiger partial charge in [-0.15, -0.1) is 0 Å². The van der Waals surface area contributed by atoms with E-state index >= 15 is 0 Å². The van der Waals surface area contributed by atoms with E-state index in [1.54, 1.807) is 54.6 Å². The molecule has 29 heavy (non-hydrogen) atoms. The van der Waals surface area contributed by atoms with Crippen molar-refractivity contribution in [3.8, 4) is 5.75 Å². The lowest BCUT2D eigenvalue weighted by Crippen LogP contribution is -2.20. The van der Waals surface area contributed by atoms with Gasteiger partial charge in [-0.3, -0.25) is 9.52 Å². The number of carbonyl (C=O) groups excluding carboxylic acids is 1. The van der Waals surface area contributed by atoms with Crippen LogP contribution >= 0.6 is 23.2 Å². The third kappa shape index (κ3) is 5.63. The second-order valence-electron chi connectivity index (χ2n) is 5.88. The molecular formula is C20H16Cl2N2O4S. The van der Waals surface area contributed by atoms with E-state index in [1.807, 2.05) is 0 Å². The smallest absolute Gasteiger partial charge is 0.262 e. The van der Waals surface area contributed by atoms with Gasteiger partial charge in [-0.25, -0.2) is 8.42 Å². The minimum absolute atomic E-state index is 0.0257. The minimum atomic E-state index is -3.89. The van der Waals surface area contributed by atoms with Crippen molar-refractivity contribution >= 4 is 50.5 Å². The van der Waals surface area contributed by atoms with E-state index < -0.39 is 15.9 Å². The van der Waals surface area contributed by atoms with Gasteiger partial charge in [0.25, 0.3) is 15.9 Å². The summed E-state index contributed by atoms with van der Waals surface area (Å²) in [6, 6.07) is 19.1. The topological polar surface area (TPSA) is 84.5 Å². The number of ether oxygens (including phenoxy) is 1. The molecule has 150 valence electrons. The van der Waals surface area contributed by atoms with E-state index in [-0.39, 0.29) is 22.2 Å². The Labute approximate surface area is 178 Å². The number of para-hydroxylation sites is 2. The Balaban J connectivity index is 1.68. The van der Waals surface area contributed by atoms with Crippen molar-refractivity contribution in [3.05, 3.63) is 82.8 Å². The molecule has 0 saturated heterocycles. The van der Waals surface area contributed by atoms with Crippen LogP contribution in [0.3, 0.4) is 0 Å². The quantitative estimate of drug-likeness (QED) is 0.540. The maximum absolute atomic E-state index is 12.6. The molecule has 0 heterocycles. The summed E-state index contributed by atoms with van der Waals surface area (Å²) in [7, 11) is -3.89. The lowest BCUT2D eigenvalue weighted by molar-refractivity contribution is -0.118. The maximum Gasteiger partial charge on any atom is 0.262 e. The van der Waals surface area contributed by atoms with Crippen LogP contribution in [0.4, 0.5) is 11.4 Å². The van der Waals surface area contributed by atoms with Crippen LogP contribution in [-0.4, -0.2) is 20.9 Å². The molecule has 3 rings (SSSR count). The molecule has 0 aliphatic rings. The normalized spacial score (nSPS) is 11.0. The number of amides is 1. The largest absolute Gasteiger partial charge is 0.482 e. The van der Waals surface area contributed by atoms with E-state index in [4.69, 9.17) is 27.9 Å². The Hall–Kier alpha value is -2.74. The summed E-state index contributed by atoms with van der Waals surface area (Å²) in [5.74, 6) is -0.0804. The van der Waals surface area contributed by atoms with Gasteiger partial charge in [-0.1, -0.05) is 53.5 Å². The lowest BCUT2D eigenvalue weighted by atomic mass is 10.3. The summed E-state index contributed by atoms with van der Waals surface area (Å²) in [4.78, 5) is 12.1. The third-order valence-corrected chi connectivity index (χ3v) is 5.75. The molecule has 2 N–H and O–H groups in total. The zero-order valence-corrected chi connectivity index (χ0v) is 17.3. The van der Waals surface area contributed by atoms with Gasteiger partial charge in [0.15, 0.2) is 6.61 Å². The Bertz CT molecular complexity index is 1140. The van der Waals surface area contributed by atoms with Crippen LogP contribution in [0.1, 0.15) is 0 Å². The standard InChI is InChI=1S/C20H16Cl2N2O4S/c21-16-8-1-3-10-18(16)24-29(26,27)15-7-5-6-14(12-15)23-20(25)13-28-19-11-4-2-9-17(19)22/h1-12,24H,13H2,(H,23,25). The van der Waals surface area contributed by atoms with E-state index in [0.29, 0.717) is 16.5 Å².